The number of carbonyl (C=O) groups excluding carboxylic acids is 2. The SMILES string of the molecule is CCCCCCCCCCCCC12C=CC(O1)C1C(=O)N(c3ccc([O-])cc3)C(=O)C12.[K+]. The molecule has 5 nitrogen and oxygen atoms in total. The molecule has 4 rings (SSSR count). The molecule has 1 aromatic rings. The summed E-state index contributed by atoms with van der Waals surface area (Å²) >= 11 is 0. The summed E-state index contributed by atoms with van der Waals surface area (Å²) in [5.41, 5.74) is -0.160. The minimum atomic E-state index is -0.643. The fraction of sp³-hybridized carbons (Fsp3) is 0.615. The third-order valence-electron chi connectivity index (χ3n) is 7.17. The molecular formula is C26H34KNO4. The number of rotatable bonds is 12. The Bertz CT molecular complexity index is 824. The van der Waals surface area contributed by atoms with Gasteiger partial charge in [0.15, 0.2) is 0 Å². The number of fused-ring (bicyclic) bond motifs is 5. The van der Waals surface area contributed by atoms with E-state index < -0.39 is 17.4 Å². The van der Waals surface area contributed by atoms with Gasteiger partial charge in [-0.1, -0.05) is 95.4 Å². The third-order valence-corrected chi connectivity index (χ3v) is 7.17. The Labute approximate surface area is 234 Å². The molecule has 1 aromatic carbocycles. The van der Waals surface area contributed by atoms with E-state index in [-0.39, 0.29) is 75.1 Å². The molecule has 0 radical (unpaired) electrons. The standard InChI is InChI=1S/C26H35NO4.K/c1-2-3-4-5-6-7-8-9-10-11-17-26-18-16-21(31-26)22-23(26)25(30)27(24(22)29)19-12-14-20(28)15-13-19;/h12-16,18,21-23,28H,2-11,17H2,1H3;/q;+1/p-1. The molecule has 0 spiro atoms. The summed E-state index contributed by atoms with van der Waals surface area (Å²) in [5, 5.41) is 11.4. The van der Waals surface area contributed by atoms with Crippen molar-refractivity contribution in [3.63, 3.8) is 0 Å². The van der Waals surface area contributed by atoms with Gasteiger partial charge in [0.25, 0.3) is 0 Å². The number of carbonyl (C=O) groups is 2. The molecule has 3 aliphatic rings. The predicted molar refractivity (Wildman–Crippen MR) is 119 cm³/mol. The van der Waals surface area contributed by atoms with Crippen molar-refractivity contribution in [1.82, 2.24) is 0 Å². The largest absolute Gasteiger partial charge is 1.00 e. The van der Waals surface area contributed by atoms with Crippen molar-refractivity contribution in [3.8, 4) is 5.75 Å². The Morgan fingerprint density at radius 1 is 0.906 bits per heavy atom. The van der Waals surface area contributed by atoms with Crippen molar-refractivity contribution in [2.24, 2.45) is 11.8 Å². The van der Waals surface area contributed by atoms with E-state index >= 15 is 0 Å². The van der Waals surface area contributed by atoms with Crippen LogP contribution >= 0.6 is 0 Å². The maximum Gasteiger partial charge on any atom is 1.00 e. The topological polar surface area (TPSA) is 69.7 Å². The van der Waals surface area contributed by atoms with E-state index in [1.807, 2.05) is 12.2 Å². The number of amides is 2. The number of unbranched alkanes of at least 4 members (excludes halogenated alkanes) is 9. The molecule has 2 saturated heterocycles. The first kappa shape index (κ1) is 26.1. The van der Waals surface area contributed by atoms with Crippen LogP contribution in [0.1, 0.15) is 77.6 Å². The van der Waals surface area contributed by atoms with E-state index in [2.05, 4.69) is 6.92 Å². The second-order valence-corrected chi connectivity index (χ2v) is 9.34. The van der Waals surface area contributed by atoms with E-state index in [9.17, 15) is 14.7 Å². The fourth-order valence-electron chi connectivity index (χ4n) is 5.53. The summed E-state index contributed by atoms with van der Waals surface area (Å²) in [6, 6.07) is 5.91. The molecule has 6 heteroatoms. The second-order valence-electron chi connectivity index (χ2n) is 9.34. The minimum absolute atomic E-state index is 0. The monoisotopic (exact) mass is 463 g/mol. The summed E-state index contributed by atoms with van der Waals surface area (Å²) in [6.07, 6.45) is 17.1. The Morgan fingerprint density at radius 2 is 1.50 bits per heavy atom. The van der Waals surface area contributed by atoms with Gasteiger partial charge in [0.1, 0.15) is 0 Å². The summed E-state index contributed by atoms with van der Waals surface area (Å²) in [6.45, 7) is 2.25. The van der Waals surface area contributed by atoms with Crippen LogP contribution in [0.25, 0.3) is 0 Å². The average molecular weight is 464 g/mol. The van der Waals surface area contributed by atoms with Crippen LogP contribution in [0.4, 0.5) is 5.69 Å². The number of hydrogen-bond acceptors (Lipinski definition) is 4. The maximum absolute atomic E-state index is 13.3. The van der Waals surface area contributed by atoms with Gasteiger partial charge in [-0.3, -0.25) is 9.59 Å². The van der Waals surface area contributed by atoms with Crippen molar-refractivity contribution in [3.05, 3.63) is 36.4 Å². The fourth-order valence-corrected chi connectivity index (χ4v) is 5.53. The van der Waals surface area contributed by atoms with Crippen LogP contribution in [0, 0.1) is 11.8 Å². The van der Waals surface area contributed by atoms with Gasteiger partial charge in [0, 0.05) is 0 Å². The third kappa shape index (κ3) is 5.26. The van der Waals surface area contributed by atoms with E-state index in [0.29, 0.717) is 5.69 Å². The van der Waals surface area contributed by atoms with Crippen molar-refractivity contribution in [1.29, 1.82) is 0 Å². The van der Waals surface area contributed by atoms with Crippen LogP contribution in [-0.2, 0) is 14.3 Å². The Hall–Kier alpha value is -0.504. The normalized spacial score (nSPS) is 27.8. The molecular weight excluding hydrogens is 429 g/mol. The van der Waals surface area contributed by atoms with Crippen molar-refractivity contribution in [2.75, 3.05) is 4.90 Å². The maximum atomic E-state index is 13.3. The molecule has 0 saturated carbocycles. The summed E-state index contributed by atoms with van der Waals surface area (Å²) in [4.78, 5) is 27.6. The van der Waals surface area contributed by atoms with Crippen LogP contribution in [-0.4, -0.2) is 23.5 Å². The van der Waals surface area contributed by atoms with Gasteiger partial charge >= 0.3 is 51.4 Å². The van der Waals surface area contributed by atoms with Crippen LogP contribution in [0.2, 0.25) is 0 Å². The number of hydrogen-bond donors (Lipinski definition) is 0. The van der Waals surface area contributed by atoms with Crippen LogP contribution in [0.5, 0.6) is 5.75 Å². The van der Waals surface area contributed by atoms with Gasteiger partial charge in [0.2, 0.25) is 11.8 Å². The first-order valence-electron chi connectivity index (χ1n) is 12.1. The zero-order valence-electron chi connectivity index (χ0n) is 19.6. The van der Waals surface area contributed by atoms with Crippen LogP contribution in [0.3, 0.4) is 0 Å². The molecule has 2 amide bonds. The van der Waals surface area contributed by atoms with E-state index in [1.54, 1.807) is 12.1 Å². The molecule has 3 aliphatic heterocycles. The Morgan fingerprint density at radius 3 is 2.12 bits per heavy atom. The zero-order valence-corrected chi connectivity index (χ0v) is 22.7. The molecule has 3 heterocycles. The molecule has 0 aliphatic carbocycles. The quantitative estimate of drug-likeness (QED) is 0.205. The van der Waals surface area contributed by atoms with Gasteiger partial charge in [-0.25, -0.2) is 4.90 Å². The summed E-state index contributed by atoms with van der Waals surface area (Å²) in [7, 11) is 0. The van der Waals surface area contributed by atoms with Crippen molar-refractivity contribution >= 4 is 17.5 Å². The number of ether oxygens (including phenoxy) is 1. The molecule has 168 valence electrons. The number of nitrogens with zero attached hydrogens (tertiary/aromatic N) is 1. The predicted octanol–water partition coefficient (Wildman–Crippen LogP) is 1.89. The molecule has 2 fully saturated rings. The van der Waals surface area contributed by atoms with E-state index in [0.717, 1.165) is 19.3 Å². The van der Waals surface area contributed by atoms with Gasteiger partial charge < -0.3 is 9.84 Å². The average Bonchev–Trinajstić information content (AvgIpc) is 3.40. The van der Waals surface area contributed by atoms with E-state index in [1.165, 1.54) is 68.4 Å². The molecule has 4 atom stereocenters. The first-order valence-corrected chi connectivity index (χ1v) is 12.1. The van der Waals surface area contributed by atoms with Gasteiger partial charge in [-0.15, -0.1) is 5.75 Å². The minimum Gasteiger partial charge on any atom is -0.872 e. The molecule has 0 aromatic heterocycles. The zero-order chi connectivity index (χ0) is 21.8. The summed E-state index contributed by atoms with van der Waals surface area (Å²) < 4.78 is 6.22. The second kappa shape index (κ2) is 11.8. The first-order chi connectivity index (χ1) is 15.1. The molecule has 2 bridgehead atoms. The van der Waals surface area contributed by atoms with Crippen molar-refractivity contribution in [2.45, 2.75) is 89.3 Å². The van der Waals surface area contributed by atoms with Crippen LogP contribution in [0.15, 0.2) is 36.4 Å². The Balaban J connectivity index is 0.00000289. The number of anilines is 1. The molecule has 0 N–H and O–H groups in total. The summed E-state index contributed by atoms with van der Waals surface area (Å²) in [5.74, 6) is -1.40. The Kier molecular flexibility index (Phi) is 9.60. The van der Waals surface area contributed by atoms with E-state index in [4.69, 9.17) is 4.74 Å². The van der Waals surface area contributed by atoms with Crippen molar-refractivity contribution < 1.29 is 70.8 Å². The van der Waals surface area contributed by atoms with Gasteiger partial charge in [-0.05, 0) is 18.6 Å². The molecule has 32 heavy (non-hydrogen) atoms. The number of benzene rings is 1. The number of imide groups is 1. The van der Waals surface area contributed by atoms with Gasteiger partial charge in [0.05, 0.1) is 29.2 Å². The van der Waals surface area contributed by atoms with Crippen LogP contribution < -0.4 is 61.4 Å². The smallest absolute Gasteiger partial charge is 0.872 e. The molecule has 4 unspecified atom stereocenters. The van der Waals surface area contributed by atoms with Gasteiger partial charge in [-0.2, -0.15) is 0 Å².